The molecule has 2 N–H and O–H groups in total. The van der Waals surface area contributed by atoms with Crippen molar-refractivity contribution >= 4 is 5.91 Å². The van der Waals surface area contributed by atoms with Gasteiger partial charge in [0.05, 0.1) is 12.1 Å². The van der Waals surface area contributed by atoms with Crippen LogP contribution in [0.15, 0.2) is 24.3 Å². The Bertz CT molecular complexity index is 545. The van der Waals surface area contributed by atoms with Crippen LogP contribution in [-0.2, 0) is 11.0 Å². The highest BCUT2D eigenvalue weighted by Gasteiger charge is 2.33. The van der Waals surface area contributed by atoms with Gasteiger partial charge in [0.2, 0.25) is 5.91 Å². The normalized spacial score (nSPS) is 22.4. The van der Waals surface area contributed by atoms with Crippen molar-refractivity contribution in [2.45, 2.75) is 25.1 Å². The molecule has 1 aromatic rings. The van der Waals surface area contributed by atoms with Crippen molar-refractivity contribution in [3.63, 3.8) is 0 Å². The van der Waals surface area contributed by atoms with E-state index in [-0.39, 0.29) is 24.4 Å². The molecular formula is C17H24F3N3O. The molecule has 4 nitrogen and oxygen atoms in total. The second-order valence-electron chi connectivity index (χ2n) is 6.28. The molecule has 0 unspecified atom stereocenters. The molecule has 1 aromatic carbocycles. The number of likely N-dealkylation sites (N-methyl/N-ethyl adjacent to an activating group) is 1. The van der Waals surface area contributed by atoms with Crippen molar-refractivity contribution in [2.75, 3.05) is 33.7 Å². The summed E-state index contributed by atoms with van der Waals surface area (Å²) in [5, 5.41) is 5.70. The lowest BCUT2D eigenvalue weighted by Gasteiger charge is -2.39. The summed E-state index contributed by atoms with van der Waals surface area (Å²) in [4.78, 5) is 13.8. The molecule has 134 valence electrons. The molecule has 1 heterocycles. The van der Waals surface area contributed by atoms with Crippen LogP contribution in [-0.4, -0.2) is 44.5 Å². The summed E-state index contributed by atoms with van der Waals surface area (Å²) in [5.41, 5.74) is 0.224. The van der Waals surface area contributed by atoms with Gasteiger partial charge in [-0.3, -0.25) is 9.69 Å². The van der Waals surface area contributed by atoms with E-state index < -0.39 is 11.7 Å². The maximum absolute atomic E-state index is 12.7. The largest absolute Gasteiger partial charge is 0.416 e. The average Bonchev–Trinajstić information content (AvgIpc) is 2.52. The van der Waals surface area contributed by atoms with Crippen molar-refractivity contribution in [1.82, 2.24) is 15.5 Å². The highest BCUT2D eigenvalue weighted by molar-refractivity contribution is 5.77. The molecule has 1 fully saturated rings. The third-order valence-corrected chi connectivity index (χ3v) is 4.49. The third-order valence-electron chi connectivity index (χ3n) is 4.49. The summed E-state index contributed by atoms with van der Waals surface area (Å²) in [6.45, 7) is 1.68. The first-order valence-corrected chi connectivity index (χ1v) is 8.11. The van der Waals surface area contributed by atoms with E-state index in [1.165, 1.54) is 0 Å². The summed E-state index contributed by atoms with van der Waals surface area (Å²) >= 11 is 0. The van der Waals surface area contributed by atoms with Crippen LogP contribution < -0.4 is 10.6 Å². The van der Waals surface area contributed by atoms with Gasteiger partial charge in [-0.1, -0.05) is 12.1 Å². The number of likely N-dealkylation sites (tertiary alicyclic amines) is 1. The van der Waals surface area contributed by atoms with Gasteiger partial charge in [-0.2, -0.15) is 13.2 Å². The second kappa shape index (κ2) is 7.98. The van der Waals surface area contributed by atoms with Crippen LogP contribution >= 0.6 is 0 Å². The van der Waals surface area contributed by atoms with Gasteiger partial charge in [-0.05, 0) is 57.1 Å². The van der Waals surface area contributed by atoms with Gasteiger partial charge in [0.25, 0.3) is 0 Å². The fourth-order valence-electron chi connectivity index (χ4n) is 3.34. The number of hydrogen-bond acceptors (Lipinski definition) is 3. The maximum Gasteiger partial charge on any atom is 0.416 e. The number of benzene rings is 1. The monoisotopic (exact) mass is 343 g/mol. The molecule has 0 aromatic heterocycles. The van der Waals surface area contributed by atoms with E-state index >= 15 is 0 Å². The van der Waals surface area contributed by atoms with Gasteiger partial charge >= 0.3 is 6.18 Å². The average molecular weight is 343 g/mol. The van der Waals surface area contributed by atoms with Gasteiger partial charge in [-0.25, -0.2) is 0 Å². The first-order valence-electron chi connectivity index (χ1n) is 8.11. The van der Waals surface area contributed by atoms with E-state index in [0.29, 0.717) is 6.54 Å². The fourth-order valence-corrected chi connectivity index (χ4v) is 3.34. The third kappa shape index (κ3) is 4.70. The van der Waals surface area contributed by atoms with Gasteiger partial charge in [0, 0.05) is 12.6 Å². The Morgan fingerprint density at radius 1 is 1.29 bits per heavy atom. The van der Waals surface area contributed by atoms with Crippen LogP contribution in [0.4, 0.5) is 13.2 Å². The SMILES string of the molecule is CNCC(=O)NC[C@H]1CCCN(C)[C@H]1c1ccc(C(F)(F)F)cc1. The van der Waals surface area contributed by atoms with Gasteiger partial charge in [0.1, 0.15) is 0 Å². The standard InChI is InChI=1S/C17H24F3N3O/c1-21-11-15(24)22-10-13-4-3-9-23(2)16(13)12-5-7-14(8-6-12)17(18,19)20/h5-8,13,16,21H,3-4,9-11H2,1-2H3,(H,22,24)/t13-,16+/m1/s1. The molecule has 0 radical (unpaired) electrons. The summed E-state index contributed by atoms with van der Waals surface area (Å²) in [7, 11) is 3.68. The lowest BCUT2D eigenvalue weighted by molar-refractivity contribution is -0.137. The van der Waals surface area contributed by atoms with E-state index in [1.807, 2.05) is 7.05 Å². The predicted molar refractivity (Wildman–Crippen MR) is 86.5 cm³/mol. The molecular weight excluding hydrogens is 319 g/mol. The highest BCUT2D eigenvalue weighted by atomic mass is 19.4. The zero-order valence-corrected chi connectivity index (χ0v) is 14.0. The molecule has 0 saturated carbocycles. The van der Waals surface area contributed by atoms with Crippen LogP contribution in [0, 0.1) is 5.92 Å². The van der Waals surface area contributed by atoms with Crippen molar-refractivity contribution in [2.24, 2.45) is 5.92 Å². The number of halogens is 3. The molecule has 1 aliphatic rings. The predicted octanol–water partition coefficient (Wildman–Crippen LogP) is 2.42. The number of amides is 1. The van der Waals surface area contributed by atoms with Crippen LogP contribution in [0.25, 0.3) is 0 Å². The van der Waals surface area contributed by atoms with Crippen LogP contribution in [0.3, 0.4) is 0 Å². The number of nitrogens with zero attached hydrogens (tertiary/aromatic N) is 1. The minimum Gasteiger partial charge on any atom is -0.355 e. The zero-order valence-electron chi connectivity index (χ0n) is 14.0. The summed E-state index contributed by atoms with van der Waals surface area (Å²) in [6.07, 6.45) is -2.37. The fraction of sp³-hybridized carbons (Fsp3) is 0.588. The van der Waals surface area contributed by atoms with E-state index in [9.17, 15) is 18.0 Å². The van der Waals surface area contributed by atoms with E-state index in [4.69, 9.17) is 0 Å². The molecule has 2 rings (SSSR count). The lowest BCUT2D eigenvalue weighted by Crippen LogP contribution is -2.43. The zero-order chi connectivity index (χ0) is 17.7. The van der Waals surface area contributed by atoms with Crippen molar-refractivity contribution in [1.29, 1.82) is 0 Å². The van der Waals surface area contributed by atoms with Crippen LogP contribution in [0.5, 0.6) is 0 Å². The molecule has 2 atom stereocenters. The quantitative estimate of drug-likeness (QED) is 0.863. The van der Waals surface area contributed by atoms with Crippen molar-refractivity contribution in [3.8, 4) is 0 Å². The first-order chi connectivity index (χ1) is 11.3. The topological polar surface area (TPSA) is 44.4 Å². The van der Waals surface area contributed by atoms with Crippen LogP contribution in [0.2, 0.25) is 0 Å². The summed E-state index contributed by atoms with van der Waals surface area (Å²) in [6, 6.07) is 5.38. The number of piperidine rings is 1. The van der Waals surface area contributed by atoms with Crippen LogP contribution in [0.1, 0.15) is 30.0 Å². The summed E-state index contributed by atoms with van der Waals surface area (Å²) < 4.78 is 38.2. The molecule has 24 heavy (non-hydrogen) atoms. The number of alkyl halides is 3. The number of carbonyl (C=O) groups is 1. The Hall–Kier alpha value is -1.60. The molecule has 1 aliphatic heterocycles. The van der Waals surface area contributed by atoms with Gasteiger partial charge < -0.3 is 10.6 Å². The van der Waals surface area contributed by atoms with E-state index in [1.54, 1.807) is 19.2 Å². The Balaban J connectivity index is 2.12. The Kier molecular flexibility index (Phi) is 6.23. The minimum absolute atomic E-state index is 0.0101. The Morgan fingerprint density at radius 2 is 1.96 bits per heavy atom. The lowest BCUT2D eigenvalue weighted by atomic mass is 9.84. The number of nitrogens with one attached hydrogen (secondary N) is 2. The van der Waals surface area contributed by atoms with Crippen molar-refractivity contribution < 1.29 is 18.0 Å². The van der Waals surface area contributed by atoms with Gasteiger partial charge in [0.15, 0.2) is 0 Å². The molecule has 0 bridgehead atoms. The van der Waals surface area contributed by atoms with Gasteiger partial charge in [-0.15, -0.1) is 0 Å². The minimum atomic E-state index is -4.32. The number of carbonyl (C=O) groups excluding carboxylic acids is 1. The molecule has 7 heteroatoms. The molecule has 0 spiro atoms. The van der Waals surface area contributed by atoms with E-state index in [0.717, 1.165) is 37.1 Å². The number of rotatable bonds is 5. The van der Waals surface area contributed by atoms with E-state index in [2.05, 4.69) is 15.5 Å². The summed E-state index contributed by atoms with van der Waals surface area (Å²) in [5.74, 6) is 0.109. The maximum atomic E-state index is 12.7. The smallest absolute Gasteiger partial charge is 0.355 e. The highest BCUT2D eigenvalue weighted by Crippen LogP contribution is 2.36. The molecule has 1 saturated heterocycles. The second-order valence-corrected chi connectivity index (χ2v) is 6.28. The Morgan fingerprint density at radius 3 is 2.54 bits per heavy atom. The molecule has 1 amide bonds. The molecule has 0 aliphatic carbocycles. The Labute approximate surface area is 140 Å². The van der Waals surface area contributed by atoms with Crippen molar-refractivity contribution in [3.05, 3.63) is 35.4 Å². The number of hydrogen-bond donors (Lipinski definition) is 2. The first kappa shape index (κ1) is 18.7.